The van der Waals surface area contributed by atoms with Crippen LogP contribution in [0.25, 0.3) is 0 Å². The molecule has 0 unspecified atom stereocenters. The number of hydrogen-bond acceptors (Lipinski definition) is 4. The summed E-state index contributed by atoms with van der Waals surface area (Å²) in [6, 6.07) is 3.29. The van der Waals surface area contributed by atoms with E-state index >= 15 is 0 Å². The van der Waals surface area contributed by atoms with Gasteiger partial charge in [-0.3, -0.25) is 4.72 Å². The number of rotatable bonds is 6. The Labute approximate surface area is 132 Å². The van der Waals surface area contributed by atoms with E-state index in [4.69, 9.17) is 0 Å². The molecule has 0 saturated heterocycles. The molecular weight excluding hydrogens is 330 g/mol. The second kappa shape index (κ2) is 6.70. The molecule has 0 saturated carbocycles. The molecule has 0 bridgehead atoms. The van der Waals surface area contributed by atoms with Gasteiger partial charge in [-0.25, -0.2) is 22.2 Å². The summed E-state index contributed by atoms with van der Waals surface area (Å²) in [5.74, 6) is -1.27. The predicted octanol–water partition coefficient (Wildman–Crippen LogP) is 3.41. The highest BCUT2D eigenvalue weighted by Gasteiger charge is 2.15. The van der Waals surface area contributed by atoms with Gasteiger partial charge in [-0.15, -0.1) is 11.3 Å². The van der Waals surface area contributed by atoms with E-state index in [2.05, 4.69) is 9.71 Å². The maximum atomic E-state index is 13.1. The van der Waals surface area contributed by atoms with Crippen LogP contribution < -0.4 is 4.72 Å². The van der Waals surface area contributed by atoms with Crippen LogP contribution in [0.2, 0.25) is 0 Å². The Balaban J connectivity index is 2.08. The van der Waals surface area contributed by atoms with Crippen LogP contribution in [0.3, 0.4) is 0 Å². The molecule has 0 aliphatic carbocycles. The highest BCUT2D eigenvalue weighted by Crippen LogP contribution is 2.23. The van der Waals surface area contributed by atoms with E-state index in [1.54, 1.807) is 0 Å². The minimum absolute atomic E-state index is 0.00667. The molecule has 1 aromatic carbocycles. The smallest absolute Gasteiger partial charge is 0.234 e. The third-order valence-corrected chi connectivity index (χ3v) is 5.30. The van der Waals surface area contributed by atoms with Crippen molar-refractivity contribution >= 4 is 26.5 Å². The standard InChI is InChI=1S/C14H16F2N2O2S2/c1-9(2)8-22(19,20)18-14-17-7-13(21-14)5-10-3-11(15)6-12(16)4-10/h3-4,6-7,9H,5,8H2,1-2H3,(H,17,18). The van der Waals surface area contributed by atoms with Gasteiger partial charge in [-0.05, 0) is 23.6 Å². The summed E-state index contributed by atoms with van der Waals surface area (Å²) in [7, 11) is -3.43. The van der Waals surface area contributed by atoms with Crippen molar-refractivity contribution < 1.29 is 17.2 Å². The van der Waals surface area contributed by atoms with E-state index in [-0.39, 0.29) is 23.2 Å². The summed E-state index contributed by atoms with van der Waals surface area (Å²) in [6.45, 7) is 3.62. The normalized spacial score (nSPS) is 11.9. The highest BCUT2D eigenvalue weighted by atomic mass is 32.2. The Kier molecular flexibility index (Phi) is 5.12. The number of nitrogens with zero attached hydrogens (tertiary/aromatic N) is 1. The molecule has 22 heavy (non-hydrogen) atoms. The number of benzene rings is 1. The van der Waals surface area contributed by atoms with E-state index < -0.39 is 21.7 Å². The number of aromatic nitrogens is 1. The van der Waals surface area contributed by atoms with Crippen LogP contribution in [-0.2, 0) is 16.4 Å². The van der Waals surface area contributed by atoms with Gasteiger partial charge in [0, 0.05) is 23.6 Å². The predicted molar refractivity (Wildman–Crippen MR) is 83.5 cm³/mol. The summed E-state index contributed by atoms with van der Waals surface area (Å²) in [5.41, 5.74) is 0.470. The quantitative estimate of drug-likeness (QED) is 0.872. The molecule has 0 aliphatic heterocycles. The lowest BCUT2D eigenvalue weighted by Gasteiger charge is -2.06. The van der Waals surface area contributed by atoms with Gasteiger partial charge in [0.1, 0.15) is 11.6 Å². The fraction of sp³-hybridized carbons (Fsp3) is 0.357. The van der Waals surface area contributed by atoms with Crippen LogP contribution in [0.4, 0.5) is 13.9 Å². The second-order valence-corrected chi connectivity index (χ2v) is 8.25. The topological polar surface area (TPSA) is 59.1 Å². The van der Waals surface area contributed by atoms with Gasteiger partial charge in [-0.2, -0.15) is 0 Å². The molecule has 0 spiro atoms. The number of sulfonamides is 1. The van der Waals surface area contributed by atoms with E-state index in [9.17, 15) is 17.2 Å². The molecule has 2 aromatic rings. The molecule has 1 heterocycles. The van der Waals surface area contributed by atoms with Gasteiger partial charge in [0.05, 0.1) is 5.75 Å². The largest absolute Gasteiger partial charge is 0.259 e. The van der Waals surface area contributed by atoms with Gasteiger partial charge in [0.2, 0.25) is 10.0 Å². The van der Waals surface area contributed by atoms with Gasteiger partial charge in [0.25, 0.3) is 0 Å². The number of hydrogen-bond donors (Lipinski definition) is 1. The van der Waals surface area contributed by atoms with Crippen LogP contribution in [-0.4, -0.2) is 19.2 Å². The third-order valence-electron chi connectivity index (χ3n) is 2.65. The molecule has 0 amide bonds. The zero-order chi connectivity index (χ0) is 16.3. The Hall–Kier alpha value is -1.54. The lowest BCUT2D eigenvalue weighted by Crippen LogP contribution is -2.19. The first kappa shape index (κ1) is 16.8. The molecule has 0 radical (unpaired) electrons. The zero-order valence-electron chi connectivity index (χ0n) is 12.1. The summed E-state index contributed by atoms with van der Waals surface area (Å²) < 4.78 is 52.3. The molecule has 4 nitrogen and oxygen atoms in total. The van der Waals surface area contributed by atoms with E-state index in [1.165, 1.54) is 18.3 Å². The van der Waals surface area contributed by atoms with Gasteiger partial charge in [0.15, 0.2) is 5.13 Å². The van der Waals surface area contributed by atoms with Crippen molar-refractivity contribution in [2.24, 2.45) is 5.92 Å². The first-order chi connectivity index (χ1) is 10.2. The van der Waals surface area contributed by atoms with E-state index in [0.717, 1.165) is 17.4 Å². The first-order valence-corrected chi connectivity index (χ1v) is 9.10. The van der Waals surface area contributed by atoms with Crippen LogP contribution in [0, 0.1) is 17.6 Å². The Morgan fingerprint density at radius 2 is 1.86 bits per heavy atom. The number of halogens is 2. The monoisotopic (exact) mass is 346 g/mol. The van der Waals surface area contributed by atoms with E-state index in [1.807, 2.05) is 13.8 Å². The molecular formula is C14H16F2N2O2S2. The van der Waals surface area contributed by atoms with Crippen molar-refractivity contribution in [1.29, 1.82) is 0 Å². The molecule has 2 rings (SSSR count). The maximum Gasteiger partial charge on any atom is 0.234 e. The molecule has 0 atom stereocenters. The highest BCUT2D eigenvalue weighted by molar-refractivity contribution is 7.92. The Bertz CT molecular complexity index is 738. The molecule has 0 aliphatic rings. The number of anilines is 1. The number of nitrogens with one attached hydrogen (secondary N) is 1. The fourth-order valence-electron chi connectivity index (χ4n) is 1.96. The molecule has 120 valence electrons. The van der Waals surface area contributed by atoms with Crippen molar-refractivity contribution in [3.8, 4) is 0 Å². The van der Waals surface area contributed by atoms with E-state index in [0.29, 0.717) is 10.4 Å². The van der Waals surface area contributed by atoms with Gasteiger partial charge < -0.3 is 0 Å². The van der Waals surface area contributed by atoms with Gasteiger partial charge >= 0.3 is 0 Å². The zero-order valence-corrected chi connectivity index (χ0v) is 13.8. The lowest BCUT2D eigenvalue weighted by molar-refractivity contribution is 0.580. The minimum Gasteiger partial charge on any atom is -0.259 e. The summed E-state index contributed by atoms with van der Waals surface area (Å²) >= 11 is 1.15. The van der Waals surface area contributed by atoms with Crippen LogP contribution >= 0.6 is 11.3 Å². The van der Waals surface area contributed by atoms with Crippen molar-refractivity contribution in [2.75, 3.05) is 10.5 Å². The lowest BCUT2D eigenvalue weighted by atomic mass is 10.1. The SMILES string of the molecule is CC(C)CS(=O)(=O)Nc1ncc(Cc2cc(F)cc(F)c2)s1. The summed E-state index contributed by atoms with van der Waals surface area (Å²) in [4.78, 5) is 4.71. The van der Waals surface area contributed by atoms with Gasteiger partial charge in [-0.1, -0.05) is 13.8 Å². The molecule has 8 heteroatoms. The second-order valence-electron chi connectivity index (χ2n) is 5.36. The summed E-state index contributed by atoms with van der Waals surface area (Å²) in [5, 5.41) is 0.257. The van der Waals surface area contributed by atoms with Crippen molar-refractivity contribution in [3.05, 3.63) is 46.5 Å². The average molecular weight is 346 g/mol. The van der Waals surface area contributed by atoms with Crippen molar-refractivity contribution in [3.63, 3.8) is 0 Å². The first-order valence-electron chi connectivity index (χ1n) is 6.63. The molecule has 1 N–H and O–H groups in total. The molecule has 0 fully saturated rings. The Morgan fingerprint density at radius 1 is 1.23 bits per heavy atom. The van der Waals surface area contributed by atoms with Crippen LogP contribution in [0.5, 0.6) is 0 Å². The van der Waals surface area contributed by atoms with Crippen molar-refractivity contribution in [2.45, 2.75) is 20.3 Å². The van der Waals surface area contributed by atoms with Crippen LogP contribution in [0.15, 0.2) is 24.4 Å². The minimum atomic E-state index is -3.43. The molecule has 1 aromatic heterocycles. The number of thiazole rings is 1. The maximum absolute atomic E-state index is 13.1. The average Bonchev–Trinajstić information content (AvgIpc) is 2.71. The van der Waals surface area contributed by atoms with Crippen molar-refractivity contribution in [1.82, 2.24) is 4.98 Å². The Morgan fingerprint density at radius 3 is 2.45 bits per heavy atom. The third kappa shape index (κ3) is 5.03. The van der Waals surface area contributed by atoms with Crippen LogP contribution in [0.1, 0.15) is 24.3 Å². The fourth-order valence-corrected chi connectivity index (χ4v) is 4.49. The summed E-state index contributed by atoms with van der Waals surface area (Å²) in [6.07, 6.45) is 1.79.